The molecule has 4 N–H and O–H groups in total. The van der Waals surface area contributed by atoms with Gasteiger partial charge in [0.15, 0.2) is 23.0 Å². The summed E-state index contributed by atoms with van der Waals surface area (Å²) >= 11 is 0. The minimum absolute atomic E-state index is 0.381. The lowest BCUT2D eigenvalue weighted by Gasteiger charge is -2.16. The highest BCUT2D eigenvalue weighted by Crippen LogP contribution is 2.38. The molecule has 1 saturated heterocycles. The predicted octanol–water partition coefficient (Wildman–Crippen LogP) is -1.19. The van der Waals surface area contributed by atoms with Crippen molar-refractivity contribution in [2.75, 3.05) is 6.61 Å². The molecule has 0 aromatic carbocycles. The van der Waals surface area contributed by atoms with Crippen molar-refractivity contribution in [3.05, 3.63) is 25.0 Å². The maximum atomic E-state index is 10.8. The van der Waals surface area contributed by atoms with Crippen molar-refractivity contribution in [3.63, 3.8) is 0 Å². The molecule has 0 aliphatic carbocycles. The lowest BCUT2D eigenvalue weighted by atomic mass is 10.1. The largest absolute Gasteiger partial charge is 0.469 e. The summed E-state index contributed by atoms with van der Waals surface area (Å²) < 4.78 is 23.8. The van der Waals surface area contributed by atoms with Gasteiger partial charge in [0.25, 0.3) is 0 Å². The van der Waals surface area contributed by atoms with E-state index in [1.165, 1.54) is 17.2 Å². The molecule has 1 fully saturated rings. The number of phosphoric ester groups is 1. The molecule has 13 heteroatoms. The molecule has 12 nitrogen and oxygen atoms in total. The van der Waals surface area contributed by atoms with Gasteiger partial charge in [-0.1, -0.05) is 0 Å². The van der Waals surface area contributed by atoms with Gasteiger partial charge in [0.2, 0.25) is 0 Å². The molecule has 4 heterocycles. The normalized spacial score (nSPS) is 27.5. The van der Waals surface area contributed by atoms with Gasteiger partial charge in [-0.2, -0.15) is 0 Å². The maximum Gasteiger partial charge on any atom is 0.469 e. The van der Waals surface area contributed by atoms with Crippen molar-refractivity contribution in [3.8, 4) is 0 Å². The molecular weight excluding hydrogens is 357 g/mol. The second kappa shape index (κ2) is 5.81. The monoisotopic (exact) mass is 371 g/mol. The van der Waals surface area contributed by atoms with Gasteiger partial charge in [0.1, 0.15) is 24.6 Å². The zero-order valence-corrected chi connectivity index (χ0v) is 13.4. The van der Waals surface area contributed by atoms with Crippen LogP contribution in [-0.4, -0.2) is 68.8 Å². The summed E-state index contributed by atoms with van der Waals surface area (Å²) in [5, 5.41) is 20.3. The van der Waals surface area contributed by atoms with Gasteiger partial charge >= 0.3 is 7.82 Å². The van der Waals surface area contributed by atoms with Crippen LogP contribution in [0.3, 0.4) is 0 Å². The Morgan fingerprint density at radius 3 is 2.72 bits per heavy atom. The van der Waals surface area contributed by atoms with Crippen LogP contribution in [0.1, 0.15) is 6.23 Å². The second-order valence-corrected chi connectivity index (χ2v) is 6.80. The topological polar surface area (TPSA) is 164 Å². The Balaban J connectivity index is 1.65. The lowest BCUT2D eigenvalue weighted by molar-refractivity contribution is -0.0504. The van der Waals surface area contributed by atoms with Gasteiger partial charge < -0.3 is 24.7 Å². The third-order valence-corrected chi connectivity index (χ3v) is 4.46. The molecular formula is C12H14N5O7P. The van der Waals surface area contributed by atoms with Gasteiger partial charge in [-0.05, 0) is 0 Å². The van der Waals surface area contributed by atoms with E-state index in [4.69, 9.17) is 14.5 Å². The zero-order valence-electron chi connectivity index (χ0n) is 12.5. The average Bonchev–Trinajstić information content (AvgIpc) is 3.23. The molecule has 0 radical (unpaired) electrons. The molecule has 1 aliphatic heterocycles. The summed E-state index contributed by atoms with van der Waals surface area (Å²) in [6, 6.07) is 0. The van der Waals surface area contributed by atoms with Crippen molar-refractivity contribution in [1.82, 2.24) is 23.9 Å². The first-order chi connectivity index (χ1) is 11.8. The summed E-state index contributed by atoms with van der Waals surface area (Å²) in [6.07, 6.45) is 1.28. The smallest absolute Gasteiger partial charge is 0.387 e. The van der Waals surface area contributed by atoms with E-state index < -0.39 is 39.0 Å². The van der Waals surface area contributed by atoms with Crippen LogP contribution < -0.4 is 0 Å². The molecule has 3 aromatic heterocycles. The van der Waals surface area contributed by atoms with Crippen LogP contribution >= 0.6 is 7.82 Å². The van der Waals surface area contributed by atoms with Crippen LogP contribution in [0.2, 0.25) is 0 Å². The van der Waals surface area contributed by atoms with Gasteiger partial charge in [-0.25, -0.2) is 19.5 Å². The average molecular weight is 371 g/mol. The predicted molar refractivity (Wildman–Crippen MR) is 80.2 cm³/mol. The fourth-order valence-corrected chi connectivity index (χ4v) is 3.14. The third kappa shape index (κ3) is 2.83. The molecule has 134 valence electrons. The summed E-state index contributed by atoms with van der Waals surface area (Å²) in [5.41, 5.74) is 1.43. The molecule has 4 atom stereocenters. The van der Waals surface area contributed by atoms with Crippen LogP contribution in [0.5, 0.6) is 0 Å². The van der Waals surface area contributed by atoms with E-state index in [9.17, 15) is 14.8 Å². The van der Waals surface area contributed by atoms with E-state index in [2.05, 4.69) is 19.5 Å². The quantitative estimate of drug-likeness (QED) is 0.410. The number of imidazole rings is 2. The van der Waals surface area contributed by atoms with Gasteiger partial charge in [0.05, 0.1) is 12.9 Å². The summed E-state index contributed by atoms with van der Waals surface area (Å²) in [4.78, 5) is 30.2. The zero-order chi connectivity index (χ0) is 17.8. The standard InChI is InChI=1S/C12H14N5O7P/c18-8-6(3-23-25(20,21)22)24-12(9(8)19)17-5-14-7-10-13-1-2-16(10)4-15-11(7)17/h1-2,4-6,8-9,12,18-19H,3H2,(H2,20,21,22)/t6-,8?,9?,12-/m1/s1. The molecule has 0 saturated carbocycles. The summed E-state index contributed by atoms with van der Waals surface area (Å²) in [6.45, 7) is -0.580. The van der Waals surface area contributed by atoms with Crippen molar-refractivity contribution in [2.24, 2.45) is 0 Å². The van der Waals surface area contributed by atoms with Crippen molar-refractivity contribution < 1.29 is 33.8 Å². The second-order valence-electron chi connectivity index (χ2n) is 5.56. The number of rotatable bonds is 4. The highest BCUT2D eigenvalue weighted by atomic mass is 31.2. The minimum Gasteiger partial charge on any atom is -0.387 e. The molecule has 0 spiro atoms. The molecule has 2 unspecified atom stereocenters. The Morgan fingerprint density at radius 1 is 1.16 bits per heavy atom. The molecule has 0 bridgehead atoms. The fraction of sp³-hybridized carbons (Fsp3) is 0.417. The van der Waals surface area contributed by atoms with Crippen LogP contribution in [0.4, 0.5) is 0 Å². The Kier molecular flexibility index (Phi) is 3.85. The van der Waals surface area contributed by atoms with Gasteiger partial charge in [-0.3, -0.25) is 13.5 Å². The van der Waals surface area contributed by atoms with Crippen LogP contribution in [0, 0.1) is 0 Å². The Labute approximate surface area is 139 Å². The van der Waals surface area contributed by atoms with E-state index in [-0.39, 0.29) is 0 Å². The Hall–Kier alpha value is -1.92. The van der Waals surface area contributed by atoms with E-state index >= 15 is 0 Å². The number of aliphatic hydroxyl groups excluding tert-OH is 2. The summed E-state index contributed by atoms with van der Waals surface area (Å²) in [7, 11) is -4.72. The molecule has 25 heavy (non-hydrogen) atoms. The number of nitrogens with zero attached hydrogens (tertiary/aromatic N) is 5. The number of ether oxygens (including phenoxy) is 1. The Bertz CT molecular complexity index is 967. The van der Waals surface area contributed by atoms with Crippen LogP contribution in [0.25, 0.3) is 16.8 Å². The fourth-order valence-electron chi connectivity index (χ4n) is 2.80. The number of fused-ring (bicyclic) bond motifs is 3. The lowest BCUT2D eigenvalue weighted by Crippen LogP contribution is -2.33. The Morgan fingerprint density at radius 2 is 1.96 bits per heavy atom. The summed E-state index contributed by atoms with van der Waals surface area (Å²) in [5.74, 6) is 0. The number of hydrogen-bond donors (Lipinski definition) is 4. The first-order valence-electron chi connectivity index (χ1n) is 7.21. The minimum atomic E-state index is -4.72. The van der Waals surface area contributed by atoms with Gasteiger partial charge in [0, 0.05) is 12.4 Å². The highest BCUT2D eigenvalue weighted by Gasteiger charge is 2.45. The van der Waals surface area contributed by atoms with Crippen molar-refractivity contribution in [1.29, 1.82) is 0 Å². The number of aromatic nitrogens is 5. The number of phosphoric acid groups is 1. The van der Waals surface area contributed by atoms with Crippen molar-refractivity contribution in [2.45, 2.75) is 24.5 Å². The van der Waals surface area contributed by atoms with E-state index in [1.54, 1.807) is 16.8 Å². The van der Waals surface area contributed by atoms with Crippen LogP contribution in [-0.2, 0) is 13.8 Å². The van der Waals surface area contributed by atoms with Crippen molar-refractivity contribution >= 4 is 24.6 Å². The van der Waals surface area contributed by atoms with E-state index in [1.807, 2.05) is 0 Å². The first-order valence-corrected chi connectivity index (χ1v) is 8.74. The van der Waals surface area contributed by atoms with Gasteiger partial charge in [-0.15, -0.1) is 0 Å². The van der Waals surface area contributed by atoms with E-state index in [0.29, 0.717) is 16.8 Å². The van der Waals surface area contributed by atoms with E-state index in [0.717, 1.165) is 0 Å². The molecule has 1 aliphatic rings. The first kappa shape index (κ1) is 16.5. The molecule has 0 amide bonds. The highest BCUT2D eigenvalue weighted by molar-refractivity contribution is 7.46. The maximum absolute atomic E-state index is 10.8. The number of hydrogen-bond acceptors (Lipinski definition) is 8. The SMILES string of the molecule is O=P(O)(O)OC[C@H]1O[C@@H](n2cnc3c2ncn2ccnc32)C(O)C1O. The molecule has 4 rings (SSSR count). The molecule has 3 aromatic rings. The third-order valence-electron chi connectivity index (χ3n) is 3.97. The number of aliphatic hydroxyl groups is 2. The van der Waals surface area contributed by atoms with Crippen LogP contribution in [0.15, 0.2) is 25.0 Å².